The highest BCUT2D eigenvalue weighted by Crippen LogP contribution is 2.32. The molecule has 0 aliphatic carbocycles. The lowest BCUT2D eigenvalue weighted by Gasteiger charge is -2.40. The van der Waals surface area contributed by atoms with Crippen molar-refractivity contribution in [2.24, 2.45) is 0 Å². The predicted molar refractivity (Wildman–Crippen MR) is 91.4 cm³/mol. The van der Waals surface area contributed by atoms with Crippen LogP contribution in [0.15, 0.2) is 0 Å². The van der Waals surface area contributed by atoms with Crippen LogP contribution in [0.25, 0.3) is 0 Å². The Balaban J connectivity index is 2.57. The molecule has 1 aliphatic heterocycles. The van der Waals surface area contributed by atoms with Crippen LogP contribution in [0.4, 0.5) is 9.18 Å². The molecule has 7 heteroatoms. The number of ether oxygens (including phenoxy) is 1. The number of nitrogens with zero attached hydrogens (tertiary/aromatic N) is 1. The SMILES string of the molecule is CC(N[S+]([O-])C(C)(C)C)C1(F)CCN(C(=O)OC(C)(C)C)CC1. The summed E-state index contributed by atoms with van der Waals surface area (Å²) in [5.41, 5.74) is -2.03. The molecule has 5 nitrogen and oxygen atoms in total. The van der Waals surface area contributed by atoms with Gasteiger partial charge < -0.3 is 14.2 Å². The number of piperidine rings is 1. The lowest BCUT2D eigenvalue weighted by molar-refractivity contribution is -0.00296. The topological polar surface area (TPSA) is 64.6 Å². The first-order valence-corrected chi connectivity index (χ1v) is 9.24. The fraction of sp³-hybridized carbons (Fsp3) is 0.938. The van der Waals surface area contributed by atoms with Crippen LogP contribution in [-0.2, 0) is 16.1 Å². The summed E-state index contributed by atoms with van der Waals surface area (Å²) in [5.74, 6) is 0. The highest BCUT2D eigenvalue weighted by molar-refractivity contribution is 7.90. The van der Waals surface area contributed by atoms with Gasteiger partial charge in [-0.25, -0.2) is 9.18 Å². The molecule has 1 saturated heterocycles. The van der Waals surface area contributed by atoms with Crippen molar-refractivity contribution in [3.8, 4) is 0 Å². The molecule has 1 N–H and O–H groups in total. The second-order valence-electron chi connectivity index (χ2n) is 8.22. The van der Waals surface area contributed by atoms with Crippen molar-refractivity contribution in [3.05, 3.63) is 0 Å². The number of hydrogen-bond donors (Lipinski definition) is 1. The zero-order valence-corrected chi connectivity index (χ0v) is 16.2. The fourth-order valence-electron chi connectivity index (χ4n) is 2.26. The summed E-state index contributed by atoms with van der Waals surface area (Å²) in [6.45, 7) is 13.3. The van der Waals surface area contributed by atoms with Gasteiger partial charge in [-0.2, -0.15) is 0 Å². The van der Waals surface area contributed by atoms with Gasteiger partial charge in [-0.3, -0.25) is 0 Å². The van der Waals surface area contributed by atoms with Crippen molar-refractivity contribution in [3.63, 3.8) is 0 Å². The van der Waals surface area contributed by atoms with E-state index in [2.05, 4.69) is 4.72 Å². The van der Waals surface area contributed by atoms with E-state index in [-0.39, 0.29) is 12.8 Å². The highest BCUT2D eigenvalue weighted by Gasteiger charge is 2.44. The van der Waals surface area contributed by atoms with Gasteiger partial charge in [-0.1, -0.05) is 0 Å². The van der Waals surface area contributed by atoms with Crippen LogP contribution >= 0.6 is 0 Å². The van der Waals surface area contributed by atoms with Gasteiger partial charge in [0.2, 0.25) is 0 Å². The van der Waals surface area contributed by atoms with Crippen molar-refractivity contribution < 1.29 is 18.5 Å². The summed E-state index contributed by atoms with van der Waals surface area (Å²) >= 11 is -1.32. The van der Waals surface area contributed by atoms with Gasteiger partial charge in [0.25, 0.3) is 0 Å². The third kappa shape index (κ3) is 6.12. The molecule has 1 amide bonds. The first-order valence-electron chi connectivity index (χ1n) is 8.09. The van der Waals surface area contributed by atoms with Gasteiger partial charge >= 0.3 is 6.09 Å². The predicted octanol–water partition coefficient (Wildman–Crippen LogP) is 3.17. The van der Waals surface area contributed by atoms with E-state index in [1.807, 2.05) is 41.5 Å². The van der Waals surface area contributed by atoms with Crippen LogP contribution in [0.2, 0.25) is 0 Å². The van der Waals surface area contributed by atoms with E-state index >= 15 is 4.39 Å². The Bertz CT molecular complexity index is 413. The van der Waals surface area contributed by atoms with Crippen LogP contribution in [0.1, 0.15) is 61.3 Å². The maximum atomic E-state index is 15.1. The molecule has 136 valence electrons. The lowest BCUT2D eigenvalue weighted by Crippen LogP contribution is -2.57. The van der Waals surface area contributed by atoms with E-state index < -0.39 is 39.5 Å². The van der Waals surface area contributed by atoms with Gasteiger partial charge in [-0.05, 0) is 48.5 Å². The van der Waals surface area contributed by atoms with Gasteiger partial charge in [0, 0.05) is 37.3 Å². The van der Waals surface area contributed by atoms with Crippen molar-refractivity contribution in [1.29, 1.82) is 0 Å². The molecule has 0 bridgehead atoms. The van der Waals surface area contributed by atoms with E-state index in [1.54, 1.807) is 6.92 Å². The largest absolute Gasteiger partial charge is 0.598 e. The third-order valence-corrected chi connectivity index (χ3v) is 5.54. The minimum absolute atomic E-state index is 0.210. The van der Waals surface area contributed by atoms with Gasteiger partial charge in [0.05, 0.1) is 6.04 Å². The molecule has 2 unspecified atom stereocenters. The molecule has 1 heterocycles. The number of likely N-dealkylation sites (tertiary alicyclic amines) is 1. The average Bonchev–Trinajstić information content (AvgIpc) is 2.36. The first-order chi connectivity index (χ1) is 10.2. The summed E-state index contributed by atoms with van der Waals surface area (Å²) in [5, 5.41) is 0. The quantitative estimate of drug-likeness (QED) is 0.794. The number of nitrogens with one attached hydrogen (secondary N) is 1. The van der Waals surface area contributed by atoms with Crippen LogP contribution < -0.4 is 4.72 Å². The number of hydrogen-bond acceptors (Lipinski definition) is 4. The third-order valence-electron chi connectivity index (χ3n) is 3.86. The number of rotatable bonds is 3. The van der Waals surface area contributed by atoms with E-state index in [1.165, 1.54) is 4.90 Å². The molecular weight excluding hydrogens is 319 g/mol. The Labute approximate surface area is 142 Å². The summed E-state index contributed by atoms with van der Waals surface area (Å²) in [7, 11) is 0. The van der Waals surface area contributed by atoms with Crippen LogP contribution in [0.3, 0.4) is 0 Å². The van der Waals surface area contributed by atoms with E-state index in [0.717, 1.165) is 0 Å². The molecule has 23 heavy (non-hydrogen) atoms. The van der Waals surface area contributed by atoms with Crippen molar-refractivity contribution in [2.75, 3.05) is 13.1 Å². The maximum Gasteiger partial charge on any atom is 0.410 e. The second kappa shape index (κ2) is 7.15. The highest BCUT2D eigenvalue weighted by atomic mass is 32.2. The fourth-order valence-corrected chi connectivity index (χ4v) is 3.15. The molecular formula is C16H31FN2O3S. The molecule has 0 radical (unpaired) electrons. The van der Waals surface area contributed by atoms with Crippen LogP contribution in [0.5, 0.6) is 0 Å². The average molecular weight is 351 g/mol. The Morgan fingerprint density at radius 3 is 2.13 bits per heavy atom. The van der Waals surface area contributed by atoms with Crippen molar-refractivity contribution in [2.45, 2.75) is 83.4 Å². The number of carbonyl (C=O) groups excluding carboxylic acids is 1. The summed E-state index contributed by atoms with van der Waals surface area (Å²) in [4.78, 5) is 13.6. The molecule has 0 aromatic carbocycles. The molecule has 2 atom stereocenters. The molecule has 0 aromatic heterocycles. The zero-order valence-electron chi connectivity index (χ0n) is 15.4. The minimum atomic E-state index is -1.47. The van der Waals surface area contributed by atoms with E-state index in [9.17, 15) is 9.35 Å². The Morgan fingerprint density at radius 2 is 1.74 bits per heavy atom. The number of carbonyl (C=O) groups is 1. The molecule has 0 spiro atoms. The standard InChI is InChI=1S/C16H31FN2O3S/c1-12(18-23(21)15(5,6)7)16(17)8-10-19(11-9-16)13(20)22-14(2,3)4/h12,18H,8-11H2,1-7H3. The van der Waals surface area contributed by atoms with Crippen LogP contribution in [-0.4, -0.2) is 50.7 Å². The molecule has 0 saturated carbocycles. The normalized spacial score (nSPS) is 21.7. The monoisotopic (exact) mass is 350 g/mol. The first kappa shape index (κ1) is 20.5. The summed E-state index contributed by atoms with van der Waals surface area (Å²) in [6, 6.07) is -0.539. The number of alkyl halides is 1. The Morgan fingerprint density at radius 1 is 1.26 bits per heavy atom. The zero-order chi connectivity index (χ0) is 18.1. The Hall–Kier alpha value is -0.530. The molecule has 1 fully saturated rings. The van der Waals surface area contributed by atoms with Gasteiger partial charge in [0.1, 0.15) is 16.0 Å². The Kier molecular flexibility index (Phi) is 6.38. The number of amides is 1. The molecule has 0 aromatic rings. The van der Waals surface area contributed by atoms with Gasteiger partial charge in [-0.15, -0.1) is 4.72 Å². The van der Waals surface area contributed by atoms with Gasteiger partial charge in [0.15, 0.2) is 0 Å². The summed E-state index contributed by atoms with van der Waals surface area (Å²) in [6.07, 6.45) is 0.0159. The van der Waals surface area contributed by atoms with E-state index in [0.29, 0.717) is 13.1 Å². The maximum absolute atomic E-state index is 15.1. The van der Waals surface area contributed by atoms with Crippen molar-refractivity contribution in [1.82, 2.24) is 9.62 Å². The summed E-state index contributed by atoms with van der Waals surface area (Å²) < 4.78 is 35.0. The second-order valence-corrected chi connectivity index (χ2v) is 10.2. The molecule has 1 rings (SSSR count). The number of halogens is 1. The van der Waals surface area contributed by atoms with E-state index in [4.69, 9.17) is 4.74 Å². The van der Waals surface area contributed by atoms with Crippen molar-refractivity contribution >= 4 is 17.5 Å². The molecule has 1 aliphatic rings. The smallest absolute Gasteiger partial charge is 0.410 e. The minimum Gasteiger partial charge on any atom is -0.598 e. The lowest BCUT2D eigenvalue weighted by atomic mass is 9.87. The van der Waals surface area contributed by atoms with Crippen LogP contribution in [0, 0.1) is 0 Å².